The van der Waals surface area contributed by atoms with E-state index >= 15 is 0 Å². The van der Waals surface area contributed by atoms with Gasteiger partial charge in [0.15, 0.2) is 0 Å². The predicted molar refractivity (Wildman–Crippen MR) is 79.7 cm³/mol. The van der Waals surface area contributed by atoms with E-state index in [0.29, 0.717) is 5.92 Å². The molecule has 2 rings (SSSR count). The van der Waals surface area contributed by atoms with Crippen LogP contribution in [0.5, 0.6) is 0 Å². The largest absolute Gasteiger partial charge is 0.372 e. The van der Waals surface area contributed by atoms with Crippen molar-refractivity contribution in [2.75, 3.05) is 24.5 Å². The summed E-state index contributed by atoms with van der Waals surface area (Å²) in [5, 5.41) is 3.03. The maximum Gasteiger partial charge on any atom is 0.251 e. The summed E-state index contributed by atoms with van der Waals surface area (Å²) >= 11 is 0. The van der Waals surface area contributed by atoms with Gasteiger partial charge in [-0.1, -0.05) is 6.42 Å². The van der Waals surface area contributed by atoms with Gasteiger partial charge in [0.1, 0.15) is 0 Å². The molecule has 1 saturated carbocycles. The van der Waals surface area contributed by atoms with Crippen LogP contribution in [0, 0.1) is 5.92 Å². The third-order valence-corrected chi connectivity index (χ3v) is 4.03. The predicted octanol–water partition coefficient (Wildman–Crippen LogP) is 3.06. The fourth-order valence-electron chi connectivity index (χ4n) is 2.45. The summed E-state index contributed by atoms with van der Waals surface area (Å²) in [6.45, 7) is 7.09. The topological polar surface area (TPSA) is 32.3 Å². The van der Waals surface area contributed by atoms with Gasteiger partial charge in [-0.3, -0.25) is 4.79 Å². The zero-order chi connectivity index (χ0) is 13.7. The molecule has 104 valence electrons. The Labute approximate surface area is 116 Å². The number of carbonyl (C=O) groups is 1. The Balaban J connectivity index is 1.91. The lowest BCUT2D eigenvalue weighted by atomic mass is 9.85. The number of nitrogens with one attached hydrogen (secondary N) is 1. The fourth-order valence-corrected chi connectivity index (χ4v) is 2.45. The van der Waals surface area contributed by atoms with Crippen LogP contribution in [0.4, 0.5) is 5.69 Å². The normalized spacial score (nSPS) is 14.8. The maximum absolute atomic E-state index is 12.0. The molecule has 0 unspecified atom stereocenters. The standard InChI is InChI=1S/C16H24N2O/c1-3-18(4-2)15-10-8-14(9-11-15)16(19)17-12-13-6-5-7-13/h8-11,13H,3-7,12H2,1-2H3,(H,17,19). The molecule has 0 saturated heterocycles. The molecule has 1 aromatic carbocycles. The second-order valence-electron chi connectivity index (χ2n) is 5.23. The molecule has 3 heteroatoms. The zero-order valence-electron chi connectivity index (χ0n) is 12.0. The van der Waals surface area contributed by atoms with Gasteiger partial charge < -0.3 is 10.2 Å². The van der Waals surface area contributed by atoms with Gasteiger partial charge in [-0.05, 0) is 56.9 Å². The lowest BCUT2D eigenvalue weighted by Gasteiger charge is -2.25. The number of amides is 1. The molecule has 1 aliphatic rings. The lowest BCUT2D eigenvalue weighted by molar-refractivity contribution is 0.0939. The molecule has 1 amide bonds. The molecule has 1 N–H and O–H groups in total. The van der Waals surface area contributed by atoms with Crippen LogP contribution in [-0.4, -0.2) is 25.5 Å². The molecule has 0 atom stereocenters. The van der Waals surface area contributed by atoms with E-state index in [-0.39, 0.29) is 5.91 Å². The molecule has 0 heterocycles. The minimum Gasteiger partial charge on any atom is -0.372 e. The van der Waals surface area contributed by atoms with Crippen molar-refractivity contribution in [1.29, 1.82) is 0 Å². The van der Waals surface area contributed by atoms with Gasteiger partial charge in [0.2, 0.25) is 0 Å². The van der Waals surface area contributed by atoms with Crippen molar-refractivity contribution in [2.45, 2.75) is 33.1 Å². The van der Waals surface area contributed by atoms with Crippen LogP contribution in [0.3, 0.4) is 0 Å². The van der Waals surface area contributed by atoms with E-state index in [1.807, 2.05) is 24.3 Å². The van der Waals surface area contributed by atoms with Gasteiger partial charge in [-0.25, -0.2) is 0 Å². The first kappa shape index (κ1) is 13.9. The van der Waals surface area contributed by atoms with Gasteiger partial charge in [0.05, 0.1) is 0 Å². The Hall–Kier alpha value is -1.51. The van der Waals surface area contributed by atoms with Gasteiger partial charge >= 0.3 is 0 Å². The average molecular weight is 260 g/mol. The van der Waals surface area contributed by atoms with E-state index < -0.39 is 0 Å². The molecule has 1 fully saturated rings. The Morgan fingerprint density at radius 2 is 1.84 bits per heavy atom. The van der Waals surface area contributed by atoms with E-state index in [1.54, 1.807) is 0 Å². The molecular formula is C16H24N2O. The second kappa shape index (κ2) is 6.60. The van der Waals surface area contributed by atoms with Crippen molar-refractivity contribution < 1.29 is 4.79 Å². The third kappa shape index (κ3) is 3.49. The minimum atomic E-state index is 0.0537. The molecule has 0 radical (unpaired) electrons. The summed E-state index contributed by atoms with van der Waals surface area (Å²) in [6.07, 6.45) is 3.85. The number of nitrogens with zero attached hydrogens (tertiary/aromatic N) is 1. The minimum absolute atomic E-state index is 0.0537. The highest BCUT2D eigenvalue weighted by Crippen LogP contribution is 2.25. The summed E-state index contributed by atoms with van der Waals surface area (Å²) in [4.78, 5) is 14.3. The number of hydrogen-bond acceptors (Lipinski definition) is 2. The number of carbonyl (C=O) groups excluding carboxylic acids is 1. The van der Waals surface area contributed by atoms with E-state index in [9.17, 15) is 4.79 Å². The molecule has 1 aliphatic carbocycles. The van der Waals surface area contributed by atoms with E-state index in [2.05, 4.69) is 24.1 Å². The van der Waals surface area contributed by atoms with Crippen LogP contribution in [0.1, 0.15) is 43.5 Å². The van der Waals surface area contributed by atoms with Crippen molar-refractivity contribution >= 4 is 11.6 Å². The van der Waals surface area contributed by atoms with Crippen LogP contribution in [0.15, 0.2) is 24.3 Å². The van der Waals surface area contributed by atoms with Crippen LogP contribution in [-0.2, 0) is 0 Å². The Morgan fingerprint density at radius 1 is 1.21 bits per heavy atom. The highest BCUT2D eigenvalue weighted by atomic mass is 16.1. The molecule has 19 heavy (non-hydrogen) atoms. The third-order valence-electron chi connectivity index (χ3n) is 4.03. The summed E-state index contributed by atoms with van der Waals surface area (Å²) in [5.74, 6) is 0.761. The molecule has 0 aromatic heterocycles. The summed E-state index contributed by atoms with van der Waals surface area (Å²) < 4.78 is 0. The molecule has 0 spiro atoms. The lowest BCUT2D eigenvalue weighted by Crippen LogP contribution is -2.32. The molecule has 0 aliphatic heterocycles. The van der Waals surface area contributed by atoms with Crippen molar-refractivity contribution in [3.63, 3.8) is 0 Å². The Bertz CT molecular complexity index is 405. The van der Waals surface area contributed by atoms with Gasteiger partial charge in [-0.2, -0.15) is 0 Å². The maximum atomic E-state index is 12.0. The van der Waals surface area contributed by atoms with Crippen molar-refractivity contribution in [3.05, 3.63) is 29.8 Å². The quantitative estimate of drug-likeness (QED) is 0.852. The first-order valence-corrected chi connectivity index (χ1v) is 7.37. The number of rotatable bonds is 6. The van der Waals surface area contributed by atoms with Crippen molar-refractivity contribution in [3.8, 4) is 0 Å². The summed E-state index contributed by atoms with van der Waals surface area (Å²) in [5.41, 5.74) is 1.94. The Kier molecular flexibility index (Phi) is 4.83. The smallest absolute Gasteiger partial charge is 0.251 e. The van der Waals surface area contributed by atoms with Crippen LogP contribution in [0.2, 0.25) is 0 Å². The monoisotopic (exact) mass is 260 g/mol. The summed E-state index contributed by atoms with van der Waals surface area (Å²) in [6, 6.07) is 7.91. The highest BCUT2D eigenvalue weighted by molar-refractivity contribution is 5.94. The van der Waals surface area contributed by atoms with Crippen LogP contribution in [0.25, 0.3) is 0 Å². The number of benzene rings is 1. The Morgan fingerprint density at radius 3 is 2.32 bits per heavy atom. The molecular weight excluding hydrogens is 236 g/mol. The van der Waals surface area contributed by atoms with Crippen molar-refractivity contribution in [1.82, 2.24) is 5.32 Å². The first-order chi connectivity index (χ1) is 9.24. The SMILES string of the molecule is CCN(CC)c1ccc(C(=O)NCC2CCC2)cc1. The van der Waals surface area contributed by atoms with Gasteiger partial charge in [0, 0.05) is 30.9 Å². The highest BCUT2D eigenvalue weighted by Gasteiger charge is 2.18. The average Bonchev–Trinajstić information content (AvgIpc) is 2.39. The van der Waals surface area contributed by atoms with E-state index in [0.717, 1.165) is 25.2 Å². The second-order valence-corrected chi connectivity index (χ2v) is 5.23. The van der Waals surface area contributed by atoms with E-state index in [4.69, 9.17) is 0 Å². The molecule has 3 nitrogen and oxygen atoms in total. The first-order valence-electron chi connectivity index (χ1n) is 7.37. The van der Waals surface area contributed by atoms with E-state index in [1.165, 1.54) is 24.9 Å². The molecule has 0 bridgehead atoms. The number of anilines is 1. The molecule has 1 aromatic rings. The van der Waals surface area contributed by atoms with Gasteiger partial charge in [0.25, 0.3) is 5.91 Å². The fraction of sp³-hybridized carbons (Fsp3) is 0.562. The van der Waals surface area contributed by atoms with Crippen LogP contribution < -0.4 is 10.2 Å². The van der Waals surface area contributed by atoms with Crippen LogP contribution >= 0.6 is 0 Å². The number of hydrogen-bond donors (Lipinski definition) is 1. The zero-order valence-corrected chi connectivity index (χ0v) is 12.0. The summed E-state index contributed by atoms with van der Waals surface area (Å²) in [7, 11) is 0. The van der Waals surface area contributed by atoms with Crippen molar-refractivity contribution in [2.24, 2.45) is 5.92 Å². The van der Waals surface area contributed by atoms with Gasteiger partial charge in [-0.15, -0.1) is 0 Å².